The monoisotopic (exact) mass is 253 g/mol. The topological polar surface area (TPSA) is 0 Å². The number of halogens is 3. The third kappa shape index (κ3) is 2.55. The van der Waals surface area contributed by atoms with E-state index in [4.69, 9.17) is 23.2 Å². The second-order valence-corrected chi connectivity index (χ2v) is 4.21. The van der Waals surface area contributed by atoms with Gasteiger partial charge < -0.3 is 0 Å². The zero-order chi connectivity index (χ0) is 11.5. The molecule has 2 aromatic rings. The van der Waals surface area contributed by atoms with Gasteiger partial charge in [0, 0.05) is 17.5 Å². The standard InChI is InChI=1S/C13H8Cl2F/c14-12-2-1-3-13(15)11(12)8-9-4-6-10(16)7-5-9/h1-2,4-7H,8H2. The predicted molar refractivity (Wildman–Crippen MR) is 64.5 cm³/mol. The van der Waals surface area contributed by atoms with E-state index in [2.05, 4.69) is 6.07 Å². The van der Waals surface area contributed by atoms with Gasteiger partial charge in [0.15, 0.2) is 0 Å². The fourth-order valence-electron chi connectivity index (χ4n) is 1.45. The van der Waals surface area contributed by atoms with Crippen molar-refractivity contribution in [1.82, 2.24) is 0 Å². The minimum Gasteiger partial charge on any atom is -0.207 e. The lowest BCUT2D eigenvalue weighted by Crippen LogP contribution is -1.91. The van der Waals surface area contributed by atoms with Gasteiger partial charge in [-0.05, 0) is 29.3 Å². The molecule has 81 valence electrons. The van der Waals surface area contributed by atoms with Crippen LogP contribution in [0.5, 0.6) is 0 Å². The Balaban J connectivity index is 2.30. The van der Waals surface area contributed by atoms with Crippen molar-refractivity contribution in [2.45, 2.75) is 6.42 Å². The lowest BCUT2D eigenvalue weighted by atomic mass is 10.1. The highest BCUT2D eigenvalue weighted by molar-refractivity contribution is 6.35. The van der Waals surface area contributed by atoms with Crippen molar-refractivity contribution >= 4 is 23.2 Å². The maximum absolute atomic E-state index is 12.7. The van der Waals surface area contributed by atoms with E-state index in [1.165, 1.54) is 12.1 Å². The maximum atomic E-state index is 12.7. The Morgan fingerprint density at radius 1 is 1.06 bits per heavy atom. The van der Waals surface area contributed by atoms with Gasteiger partial charge >= 0.3 is 0 Å². The van der Waals surface area contributed by atoms with E-state index in [1.54, 1.807) is 24.3 Å². The number of hydrogen-bond acceptors (Lipinski definition) is 0. The molecule has 0 N–H and O–H groups in total. The molecule has 2 aromatic carbocycles. The van der Waals surface area contributed by atoms with Crippen molar-refractivity contribution in [2.75, 3.05) is 0 Å². The normalized spacial score (nSPS) is 10.4. The Labute approximate surface area is 104 Å². The van der Waals surface area contributed by atoms with Crippen LogP contribution in [0.4, 0.5) is 4.39 Å². The van der Waals surface area contributed by atoms with E-state index in [0.29, 0.717) is 16.5 Å². The zero-order valence-electron chi connectivity index (χ0n) is 8.31. The van der Waals surface area contributed by atoms with Crippen LogP contribution in [-0.2, 0) is 6.42 Å². The van der Waals surface area contributed by atoms with Crippen LogP contribution in [0.2, 0.25) is 10.0 Å². The molecule has 0 amide bonds. The Morgan fingerprint density at radius 2 is 1.75 bits per heavy atom. The van der Waals surface area contributed by atoms with Crippen LogP contribution in [0.1, 0.15) is 11.1 Å². The van der Waals surface area contributed by atoms with Crippen LogP contribution in [0.15, 0.2) is 36.4 Å². The molecule has 0 bridgehead atoms. The summed E-state index contributed by atoms with van der Waals surface area (Å²) in [7, 11) is 0. The van der Waals surface area contributed by atoms with E-state index in [1.807, 2.05) is 0 Å². The summed E-state index contributed by atoms with van der Waals surface area (Å²) >= 11 is 12.0. The quantitative estimate of drug-likeness (QED) is 0.738. The maximum Gasteiger partial charge on any atom is 0.123 e. The summed E-state index contributed by atoms with van der Waals surface area (Å²) in [6.07, 6.45) is 0.579. The van der Waals surface area contributed by atoms with Gasteiger partial charge in [-0.15, -0.1) is 0 Å². The van der Waals surface area contributed by atoms with Gasteiger partial charge in [-0.3, -0.25) is 0 Å². The summed E-state index contributed by atoms with van der Waals surface area (Å²) in [5.41, 5.74) is 1.78. The number of benzene rings is 2. The molecule has 1 radical (unpaired) electrons. The van der Waals surface area contributed by atoms with Gasteiger partial charge in [-0.25, -0.2) is 4.39 Å². The summed E-state index contributed by atoms with van der Waals surface area (Å²) in [6.45, 7) is 0. The van der Waals surface area contributed by atoms with Gasteiger partial charge in [0.2, 0.25) is 0 Å². The minimum absolute atomic E-state index is 0.249. The Morgan fingerprint density at radius 3 is 2.38 bits per heavy atom. The van der Waals surface area contributed by atoms with Crippen molar-refractivity contribution in [2.24, 2.45) is 0 Å². The third-order valence-corrected chi connectivity index (χ3v) is 2.98. The molecular formula is C13H8Cl2F. The molecule has 0 heterocycles. The Bertz CT molecular complexity index is 472. The molecule has 16 heavy (non-hydrogen) atoms. The first-order chi connectivity index (χ1) is 7.66. The van der Waals surface area contributed by atoms with Crippen molar-refractivity contribution in [1.29, 1.82) is 0 Å². The molecule has 0 nitrogen and oxygen atoms in total. The van der Waals surface area contributed by atoms with Crippen molar-refractivity contribution in [3.05, 3.63) is 69.5 Å². The first kappa shape index (κ1) is 11.4. The summed E-state index contributed by atoms with van der Waals surface area (Å²) < 4.78 is 12.7. The van der Waals surface area contributed by atoms with E-state index in [-0.39, 0.29) is 5.82 Å². The van der Waals surface area contributed by atoms with Crippen LogP contribution in [-0.4, -0.2) is 0 Å². The lowest BCUT2D eigenvalue weighted by Gasteiger charge is -2.06. The molecule has 0 saturated heterocycles. The molecular weight excluding hydrogens is 246 g/mol. The van der Waals surface area contributed by atoms with Crippen LogP contribution in [0.25, 0.3) is 0 Å². The van der Waals surface area contributed by atoms with Crippen molar-refractivity contribution in [3.63, 3.8) is 0 Å². The fraction of sp³-hybridized carbons (Fsp3) is 0.0769. The SMILES string of the molecule is Fc1ccc(Cc2c(Cl)[c]ccc2Cl)cc1. The molecule has 0 aliphatic heterocycles. The van der Waals surface area contributed by atoms with Crippen molar-refractivity contribution < 1.29 is 4.39 Å². The Hall–Kier alpha value is -1.05. The molecule has 0 fully saturated rings. The summed E-state index contributed by atoms with van der Waals surface area (Å²) in [4.78, 5) is 0. The smallest absolute Gasteiger partial charge is 0.123 e. The predicted octanol–water partition coefficient (Wildman–Crippen LogP) is 4.52. The molecule has 0 aromatic heterocycles. The molecule has 2 rings (SSSR count). The second kappa shape index (κ2) is 4.86. The van der Waals surface area contributed by atoms with E-state index < -0.39 is 0 Å². The second-order valence-electron chi connectivity index (χ2n) is 3.42. The lowest BCUT2D eigenvalue weighted by molar-refractivity contribution is 0.627. The molecule has 0 aliphatic carbocycles. The zero-order valence-corrected chi connectivity index (χ0v) is 9.82. The fourth-order valence-corrected chi connectivity index (χ4v) is 1.95. The van der Waals surface area contributed by atoms with Gasteiger partial charge in [0.05, 0.1) is 5.02 Å². The molecule has 0 unspecified atom stereocenters. The van der Waals surface area contributed by atoms with Gasteiger partial charge in [0.25, 0.3) is 0 Å². The average molecular weight is 254 g/mol. The summed E-state index contributed by atoms with van der Waals surface area (Å²) in [5.74, 6) is -0.249. The number of hydrogen-bond donors (Lipinski definition) is 0. The molecule has 0 atom stereocenters. The summed E-state index contributed by atoms with van der Waals surface area (Å²) in [6, 6.07) is 12.6. The third-order valence-electron chi connectivity index (χ3n) is 2.29. The highest BCUT2D eigenvalue weighted by atomic mass is 35.5. The highest BCUT2D eigenvalue weighted by Crippen LogP contribution is 2.26. The first-order valence-electron chi connectivity index (χ1n) is 4.76. The van der Waals surface area contributed by atoms with Crippen LogP contribution < -0.4 is 0 Å². The van der Waals surface area contributed by atoms with E-state index >= 15 is 0 Å². The van der Waals surface area contributed by atoms with Crippen molar-refractivity contribution in [3.8, 4) is 0 Å². The molecule has 0 aliphatic rings. The van der Waals surface area contributed by atoms with Crippen LogP contribution in [0.3, 0.4) is 0 Å². The van der Waals surface area contributed by atoms with Crippen LogP contribution >= 0.6 is 23.2 Å². The van der Waals surface area contributed by atoms with Gasteiger partial charge in [0.1, 0.15) is 5.82 Å². The van der Waals surface area contributed by atoms with Crippen LogP contribution in [0, 0.1) is 11.9 Å². The van der Waals surface area contributed by atoms with Gasteiger partial charge in [-0.1, -0.05) is 41.4 Å². The highest BCUT2D eigenvalue weighted by Gasteiger charge is 2.06. The van der Waals surface area contributed by atoms with Gasteiger partial charge in [-0.2, -0.15) is 0 Å². The molecule has 3 heteroatoms. The number of rotatable bonds is 2. The Kier molecular flexibility index (Phi) is 3.47. The molecule has 0 saturated carbocycles. The first-order valence-corrected chi connectivity index (χ1v) is 5.51. The molecule has 0 spiro atoms. The largest absolute Gasteiger partial charge is 0.207 e. The summed E-state index contributed by atoms with van der Waals surface area (Å²) in [5, 5.41) is 1.12. The van der Waals surface area contributed by atoms with E-state index in [9.17, 15) is 4.39 Å². The average Bonchev–Trinajstić information content (AvgIpc) is 2.26. The van der Waals surface area contributed by atoms with E-state index in [0.717, 1.165) is 11.1 Å². The minimum atomic E-state index is -0.249.